The van der Waals surface area contributed by atoms with E-state index in [4.69, 9.17) is 5.11 Å². The van der Waals surface area contributed by atoms with Crippen molar-refractivity contribution in [3.63, 3.8) is 0 Å². The van der Waals surface area contributed by atoms with Gasteiger partial charge in [-0.05, 0) is 25.7 Å². The minimum atomic E-state index is -0.725. The van der Waals surface area contributed by atoms with E-state index in [9.17, 15) is 4.79 Å². The predicted molar refractivity (Wildman–Crippen MR) is 81.8 cm³/mol. The van der Waals surface area contributed by atoms with Crippen LogP contribution in [0.1, 0.15) is 78.1 Å². The summed E-state index contributed by atoms with van der Waals surface area (Å²) in [5, 5.41) is 9.06. The van der Waals surface area contributed by atoms with Crippen LogP contribution in [0.25, 0.3) is 0 Å². The zero-order valence-corrected chi connectivity index (χ0v) is 11.5. The van der Waals surface area contributed by atoms with Crippen molar-refractivity contribution in [2.24, 2.45) is 0 Å². The van der Waals surface area contributed by atoms with E-state index >= 15 is 0 Å². The number of hydrogen-bond donors (Lipinski definition) is 1. The molecule has 0 amide bonds. The Kier molecular flexibility index (Phi) is 17.9. The number of hydrogen-bond acceptors (Lipinski definition) is 1. The van der Waals surface area contributed by atoms with Crippen LogP contribution in [-0.2, 0) is 4.79 Å². The Bertz CT molecular complexity index is 225. The number of aliphatic carboxylic acids is 1. The van der Waals surface area contributed by atoms with Crippen molar-refractivity contribution in [3.05, 3.63) is 11.6 Å². The van der Waals surface area contributed by atoms with Gasteiger partial charge < -0.3 is 5.11 Å². The number of carboxylic acid groups (broad SMARTS) is 1. The fourth-order valence-electron chi connectivity index (χ4n) is 1.89. The average Bonchev–Trinajstić information content (AvgIpc) is 2.31. The van der Waals surface area contributed by atoms with E-state index in [0.29, 0.717) is 5.57 Å². The van der Waals surface area contributed by atoms with Gasteiger partial charge in [-0.1, -0.05) is 58.4 Å². The summed E-state index contributed by atoms with van der Waals surface area (Å²) < 4.78 is 0. The molecule has 3 heteroatoms. The van der Waals surface area contributed by atoms with Crippen LogP contribution in [0, 0.1) is 0 Å². The molecular formula is C15H30CaO2. The van der Waals surface area contributed by atoms with Gasteiger partial charge in [-0.15, -0.1) is 0 Å². The topological polar surface area (TPSA) is 37.3 Å². The van der Waals surface area contributed by atoms with Crippen LogP contribution >= 0.6 is 0 Å². The van der Waals surface area contributed by atoms with Crippen molar-refractivity contribution in [2.45, 2.75) is 78.1 Å². The molecule has 0 aliphatic rings. The van der Waals surface area contributed by atoms with Gasteiger partial charge in [0.25, 0.3) is 0 Å². The summed E-state index contributed by atoms with van der Waals surface area (Å²) in [7, 11) is 0. The molecule has 0 unspecified atom stereocenters. The zero-order chi connectivity index (χ0) is 12.9. The quantitative estimate of drug-likeness (QED) is 0.353. The molecule has 0 rings (SSSR count). The van der Waals surface area contributed by atoms with Crippen molar-refractivity contribution in [1.29, 1.82) is 0 Å². The molecule has 18 heavy (non-hydrogen) atoms. The molecule has 104 valence electrons. The Morgan fingerprint density at radius 2 is 1.50 bits per heavy atom. The zero-order valence-electron chi connectivity index (χ0n) is 11.5. The van der Waals surface area contributed by atoms with Crippen LogP contribution in [0.5, 0.6) is 0 Å². The summed E-state index contributed by atoms with van der Waals surface area (Å²) in [6.45, 7) is 4.36. The number of carboxylic acids is 1. The molecule has 0 aromatic rings. The predicted octanol–water partition coefficient (Wildman–Crippen LogP) is 4.02. The van der Waals surface area contributed by atoms with Gasteiger partial charge >= 0.3 is 43.7 Å². The first-order valence-corrected chi connectivity index (χ1v) is 7.14. The third kappa shape index (κ3) is 12.9. The Morgan fingerprint density at radius 3 is 2.00 bits per heavy atom. The molecule has 2 nitrogen and oxygen atoms in total. The second-order valence-corrected chi connectivity index (χ2v) is 4.69. The SMILES string of the molecule is CCCCCCC=C(CCCCCC)C(=O)O.[CaH2]. The molecule has 0 atom stereocenters. The fraction of sp³-hybridized carbons (Fsp3) is 0.800. The third-order valence-electron chi connectivity index (χ3n) is 3.02. The van der Waals surface area contributed by atoms with Crippen molar-refractivity contribution in [2.75, 3.05) is 0 Å². The fourth-order valence-corrected chi connectivity index (χ4v) is 1.89. The monoisotopic (exact) mass is 282 g/mol. The standard InChI is InChI=1S/C15H28O2.Ca.2H/c1-3-5-7-9-11-13-14(15(16)17)12-10-8-6-4-2;;;/h13H,3-12H2,1-2H3,(H,16,17);;;. The summed E-state index contributed by atoms with van der Waals surface area (Å²) in [4.78, 5) is 11.0. The second-order valence-electron chi connectivity index (χ2n) is 4.69. The first-order valence-electron chi connectivity index (χ1n) is 7.14. The van der Waals surface area contributed by atoms with Crippen molar-refractivity contribution in [3.8, 4) is 0 Å². The molecule has 0 saturated carbocycles. The first kappa shape index (κ1) is 20.8. The van der Waals surface area contributed by atoms with E-state index < -0.39 is 5.97 Å². The Labute approximate surface area is 142 Å². The van der Waals surface area contributed by atoms with Gasteiger partial charge in [-0.2, -0.15) is 0 Å². The van der Waals surface area contributed by atoms with Gasteiger partial charge in [0.1, 0.15) is 0 Å². The number of allylic oxidation sites excluding steroid dienone is 1. The van der Waals surface area contributed by atoms with E-state index in [2.05, 4.69) is 13.8 Å². The van der Waals surface area contributed by atoms with Crippen LogP contribution in [0.4, 0.5) is 0 Å². The van der Waals surface area contributed by atoms with Crippen molar-refractivity contribution < 1.29 is 9.90 Å². The van der Waals surface area contributed by atoms with Crippen molar-refractivity contribution in [1.82, 2.24) is 0 Å². The molecule has 0 heterocycles. The summed E-state index contributed by atoms with van der Waals surface area (Å²) >= 11 is 0. The van der Waals surface area contributed by atoms with Gasteiger partial charge in [0.05, 0.1) is 0 Å². The summed E-state index contributed by atoms with van der Waals surface area (Å²) in [5.41, 5.74) is 0.623. The number of rotatable bonds is 11. The second kappa shape index (κ2) is 15.5. The number of carbonyl (C=O) groups is 1. The van der Waals surface area contributed by atoms with Gasteiger partial charge in [-0.3, -0.25) is 0 Å². The Hall–Kier alpha value is 0.470. The van der Waals surface area contributed by atoms with Crippen LogP contribution in [-0.4, -0.2) is 48.8 Å². The molecule has 0 radical (unpaired) electrons. The Morgan fingerprint density at radius 1 is 0.944 bits per heavy atom. The van der Waals surface area contributed by atoms with Gasteiger partial charge in [0, 0.05) is 5.57 Å². The molecule has 0 bridgehead atoms. The molecule has 0 aliphatic carbocycles. The maximum absolute atomic E-state index is 11.0. The van der Waals surface area contributed by atoms with Crippen LogP contribution in [0.15, 0.2) is 11.6 Å². The van der Waals surface area contributed by atoms with E-state index in [0.717, 1.165) is 32.1 Å². The van der Waals surface area contributed by atoms with E-state index in [1.54, 1.807) is 0 Å². The molecule has 0 aromatic carbocycles. The molecule has 0 spiro atoms. The summed E-state index contributed by atoms with van der Waals surface area (Å²) in [6.07, 6.45) is 13.0. The molecule has 0 saturated heterocycles. The van der Waals surface area contributed by atoms with Gasteiger partial charge in [-0.25, -0.2) is 4.79 Å². The van der Waals surface area contributed by atoms with Gasteiger partial charge in [0.2, 0.25) is 0 Å². The van der Waals surface area contributed by atoms with E-state index in [1.807, 2.05) is 6.08 Å². The molecule has 0 aromatic heterocycles. The average molecular weight is 282 g/mol. The maximum atomic E-state index is 11.0. The van der Waals surface area contributed by atoms with E-state index in [1.165, 1.54) is 32.1 Å². The number of unbranched alkanes of at least 4 members (excludes halogenated alkanes) is 7. The van der Waals surface area contributed by atoms with Crippen LogP contribution in [0.3, 0.4) is 0 Å². The summed E-state index contributed by atoms with van der Waals surface area (Å²) in [6, 6.07) is 0. The summed E-state index contributed by atoms with van der Waals surface area (Å²) in [5.74, 6) is -0.725. The Balaban J connectivity index is 0. The van der Waals surface area contributed by atoms with E-state index in [-0.39, 0.29) is 37.7 Å². The third-order valence-corrected chi connectivity index (χ3v) is 3.02. The normalized spacial score (nSPS) is 11.1. The van der Waals surface area contributed by atoms with Crippen LogP contribution in [0.2, 0.25) is 0 Å². The van der Waals surface area contributed by atoms with Crippen LogP contribution < -0.4 is 0 Å². The van der Waals surface area contributed by atoms with Crippen molar-refractivity contribution >= 4 is 43.7 Å². The molecule has 1 N–H and O–H groups in total. The molecule has 0 fully saturated rings. The van der Waals surface area contributed by atoms with Gasteiger partial charge in [0.15, 0.2) is 0 Å². The molecular weight excluding hydrogens is 252 g/mol. The minimum absolute atomic E-state index is 0. The first-order chi connectivity index (χ1) is 8.22. The molecule has 0 aliphatic heterocycles.